The summed E-state index contributed by atoms with van der Waals surface area (Å²) in [6, 6.07) is 6.91. The van der Waals surface area contributed by atoms with Crippen LogP contribution in [0.2, 0.25) is 5.02 Å². The average Bonchev–Trinajstić information content (AvgIpc) is 2.94. The van der Waals surface area contributed by atoms with E-state index in [2.05, 4.69) is 14.9 Å². The van der Waals surface area contributed by atoms with Crippen LogP contribution in [0.15, 0.2) is 29.2 Å². The fraction of sp³-hybridized carbons (Fsp3) is 0.650. The number of nitrogens with zero attached hydrogens (tertiary/aromatic N) is 1. The summed E-state index contributed by atoms with van der Waals surface area (Å²) in [4.78, 5) is 14.9. The number of hydrogen-bond donors (Lipinski definition) is 2. The van der Waals surface area contributed by atoms with Crippen LogP contribution < -0.4 is 10.0 Å². The van der Waals surface area contributed by atoms with Crippen LogP contribution in [0.5, 0.6) is 0 Å². The standard InChI is InChI=1S/C20H30ClN3O3S/c21-16-6-5-9-19(14-16)28(26,27)22-12-10-20(25)23-17-11-13-24(15-17)18-7-3-1-2-4-8-18/h5-6,9,14,17-18,22H,1-4,7-8,10-13,15H2,(H,23,25)/t17-/m1/s1. The molecule has 3 rings (SSSR count). The summed E-state index contributed by atoms with van der Waals surface area (Å²) in [5.74, 6) is -0.110. The van der Waals surface area contributed by atoms with Crippen LogP contribution in [0.3, 0.4) is 0 Å². The maximum Gasteiger partial charge on any atom is 0.240 e. The molecule has 1 saturated heterocycles. The van der Waals surface area contributed by atoms with Crippen LogP contribution in [0.1, 0.15) is 51.4 Å². The van der Waals surface area contributed by atoms with E-state index >= 15 is 0 Å². The van der Waals surface area contributed by atoms with Gasteiger partial charge < -0.3 is 5.32 Å². The van der Waals surface area contributed by atoms with E-state index in [1.54, 1.807) is 12.1 Å². The van der Waals surface area contributed by atoms with Crippen LogP contribution in [-0.4, -0.2) is 50.9 Å². The van der Waals surface area contributed by atoms with E-state index in [0.717, 1.165) is 19.5 Å². The van der Waals surface area contributed by atoms with Crippen molar-refractivity contribution in [2.45, 2.75) is 68.3 Å². The van der Waals surface area contributed by atoms with Gasteiger partial charge in [0.15, 0.2) is 0 Å². The Hall–Kier alpha value is -1.15. The van der Waals surface area contributed by atoms with Gasteiger partial charge in [0, 0.05) is 43.2 Å². The summed E-state index contributed by atoms with van der Waals surface area (Å²) in [5, 5.41) is 3.42. The van der Waals surface area contributed by atoms with Crippen molar-refractivity contribution >= 4 is 27.5 Å². The van der Waals surface area contributed by atoms with Gasteiger partial charge in [0.2, 0.25) is 15.9 Å². The van der Waals surface area contributed by atoms with E-state index < -0.39 is 10.0 Å². The van der Waals surface area contributed by atoms with Crippen molar-refractivity contribution < 1.29 is 13.2 Å². The lowest BCUT2D eigenvalue weighted by atomic mass is 10.1. The van der Waals surface area contributed by atoms with Gasteiger partial charge in [-0.3, -0.25) is 9.69 Å². The second-order valence-corrected chi connectivity index (χ2v) is 10.0. The number of carbonyl (C=O) groups is 1. The number of carbonyl (C=O) groups excluding carboxylic acids is 1. The lowest BCUT2D eigenvalue weighted by Gasteiger charge is -2.26. The third-order valence-corrected chi connectivity index (χ3v) is 7.37. The largest absolute Gasteiger partial charge is 0.352 e. The van der Waals surface area contributed by atoms with Crippen molar-refractivity contribution in [2.24, 2.45) is 0 Å². The zero-order valence-electron chi connectivity index (χ0n) is 16.2. The van der Waals surface area contributed by atoms with E-state index in [1.807, 2.05) is 0 Å². The summed E-state index contributed by atoms with van der Waals surface area (Å²) in [6.45, 7) is 2.02. The molecule has 0 spiro atoms. The average molecular weight is 428 g/mol. The van der Waals surface area contributed by atoms with Crippen LogP contribution in [-0.2, 0) is 14.8 Å². The molecule has 1 saturated carbocycles. The minimum Gasteiger partial charge on any atom is -0.352 e. The molecule has 1 heterocycles. The summed E-state index contributed by atoms with van der Waals surface area (Å²) in [5.41, 5.74) is 0. The van der Waals surface area contributed by atoms with Gasteiger partial charge in [-0.15, -0.1) is 0 Å². The molecule has 156 valence electrons. The zero-order valence-corrected chi connectivity index (χ0v) is 17.8. The molecule has 0 radical (unpaired) electrons. The smallest absolute Gasteiger partial charge is 0.240 e. The minimum atomic E-state index is -3.66. The number of likely N-dealkylation sites (tertiary alicyclic amines) is 1. The van der Waals surface area contributed by atoms with E-state index in [1.165, 1.54) is 50.7 Å². The lowest BCUT2D eigenvalue weighted by Crippen LogP contribution is -2.40. The molecule has 0 unspecified atom stereocenters. The molecular weight excluding hydrogens is 398 g/mol. The molecule has 0 aromatic heterocycles. The number of nitrogens with one attached hydrogen (secondary N) is 2. The second-order valence-electron chi connectivity index (χ2n) is 7.80. The van der Waals surface area contributed by atoms with E-state index in [4.69, 9.17) is 11.6 Å². The predicted octanol–water partition coefficient (Wildman–Crippen LogP) is 2.92. The van der Waals surface area contributed by atoms with Gasteiger partial charge in [-0.05, 0) is 37.5 Å². The first-order valence-corrected chi connectivity index (χ1v) is 12.1. The number of amides is 1. The third-order valence-electron chi connectivity index (χ3n) is 5.68. The molecule has 6 nitrogen and oxygen atoms in total. The normalized spacial score (nSPS) is 22.1. The molecule has 8 heteroatoms. The molecule has 2 fully saturated rings. The Labute approximate surface area is 173 Å². The molecule has 1 aromatic carbocycles. The Morgan fingerprint density at radius 3 is 2.61 bits per heavy atom. The van der Waals surface area contributed by atoms with Gasteiger partial charge in [-0.1, -0.05) is 43.4 Å². The molecule has 0 bridgehead atoms. The Morgan fingerprint density at radius 1 is 1.14 bits per heavy atom. The number of benzene rings is 1. The van der Waals surface area contributed by atoms with Gasteiger partial charge in [0.1, 0.15) is 0 Å². The van der Waals surface area contributed by atoms with Crippen molar-refractivity contribution in [1.82, 2.24) is 14.9 Å². The topological polar surface area (TPSA) is 78.5 Å². The van der Waals surface area contributed by atoms with Crippen molar-refractivity contribution in [3.8, 4) is 0 Å². The third kappa shape index (κ3) is 6.17. The Kier molecular flexibility index (Phi) is 7.74. The molecule has 1 aromatic rings. The second kappa shape index (κ2) is 10.1. The van der Waals surface area contributed by atoms with Gasteiger partial charge in [0.05, 0.1) is 4.90 Å². The van der Waals surface area contributed by atoms with Crippen LogP contribution in [0.4, 0.5) is 0 Å². The monoisotopic (exact) mass is 427 g/mol. The van der Waals surface area contributed by atoms with Gasteiger partial charge >= 0.3 is 0 Å². The maximum absolute atomic E-state index is 12.2. The number of hydrogen-bond acceptors (Lipinski definition) is 4. The number of sulfonamides is 1. The molecule has 2 aliphatic rings. The summed E-state index contributed by atoms with van der Waals surface area (Å²) in [7, 11) is -3.66. The summed E-state index contributed by atoms with van der Waals surface area (Å²) in [6.07, 6.45) is 8.94. The highest BCUT2D eigenvalue weighted by molar-refractivity contribution is 7.89. The van der Waals surface area contributed by atoms with Crippen molar-refractivity contribution in [3.63, 3.8) is 0 Å². The number of rotatable bonds is 7. The van der Waals surface area contributed by atoms with Crippen molar-refractivity contribution in [3.05, 3.63) is 29.3 Å². The molecule has 1 amide bonds. The van der Waals surface area contributed by atoms with Gasteiger partial charge in [0.25, 0.3) is 0 Å². The highest BCUT2D eigenvalue weighted by Crippen LogP contribution is 2.25. The van der Waals surface area contributed by atoms with E-state index in [-0.39, 0.29) is 29.8 Å². The predicted molar refractivity (Wildman–Crippen MR) is 111 cm³/mol. The molecular formula is C20H30ClN3O3S. The molecule has 1 aliphatic carbocycles. The first-order chi connectivity index (χ1) is 13.4. The quantitative estimate of drug-likeness (QED) is 0.656. The molecule has 1 atom stereocenters. The highest BCUT2D eigenvalue weighted by atomic mass is 35.5. The fourth-order valence-electron chi connectivity index (χ4n) is 4.18. The van der Waals surface area contributed by atoms with Crippen LogP contribution >= 0.6 is 11.6 Å². The Morgan fingerprint density at radius 2 is 1.89 bits per heavy atom. The van der Waals surface area contributed by atoms with E-state index in [9.17, 15) is 13.2 Å². The van der Waals surface area contributed by atoms with Gasteiger partial charge in [-0.2, -0.15) is 0 Å². The van der Waals surface area contributed by atoms with Crippen molar-refractivity contribution in [1.29, 1.82) is 0 Å². The van der Waals surface area contributed by atoms with Crippen LogP contribution in [0, 0.1) is 0 Å². The Balaban J connectivity index is 1.40. The first-order valence-electron chi connectivity index (χ1n) is 10.2. The highest BCUT2D eigenvalue weighted by Gasteiger charge is 2.29. The molecule has 2 N–H and O–H groups in total. The Bertz CT molecular complexity index is 764. The summed E-state index contributed by atoms with van der Waals surface area (Å²) < 4.78 is 27.0. The van der Waals surface area contributed by atoms with Crippen molar-refractivity contribution in [2.75, 3.05) is 19.6 Å². The lowest BCUT2D eigenvalue weighted by molar-refractivity contribution is -0.121. The molecule has 28 heavy (non-hydrogen) atoms. The number of halogens is 1. The summed E-state index contributed by atoms with van der Waals surface area (Å²) >= 11 is 5.85. The van der Waals surface area contributed by atoms with Gasteiger partial charge in [-0.25, -0.2) is 13.1 Å². The maximum atomic E-state index is 12.2. The first kappa shape index (κ1) is 21.6. The fourth-order valence-corrected chi connectivity index (χ4v) is 5.51. The van der Waals surface area contributed by atoms with E-state index in [0.29, 0.717) is 11.1 Å². The van der Waals surface area contributed by atoms with Crippen LogP contribution in [0.25, 0.3) is 0 Å². The zero-order chi connectivity index (χ0) is 20.0. The SMILES string of the molecule is O=C(CCNS(=O)(=O)c1cccc(Cl)c1)N[C@@H]1CCN(C2CCCCCC2)C1. The molecule has 1 aliphatic heterocycles. The minimum absolute atomic E-state index is 0.0692.